The summed E-state index contributed by atoms with van der Waals surface area (Å²) in [4.78, 5) is 15.3. The molecule has 4 rings (SSSR count). The second kappa shape index (κ2) is 6.29. The van der Waals surface area contributed by atoms with Crippen LogP contribution in [0.1, 0.15) is 18.7 Å². The topological polar surface area (TPSA) is 67.1 Å². The van der Waals surface area contributed by atoms with E-state index in [-0.39, 0.29) is 0 Å². The summed E-state index contributed by atoms with van der Waals surface area (Å²) < 4.78 is 1.90. The van der Waals surface area contributed by atoms with Gasteiger partial charge in [0, 0.05) is 57.1 Å². The van der Waals surface area contributed by atoms with E-state index in [9.17, 15) is 5.11 Å². The molecule has 0 saturated carbocycles. The highest BCUT2D eigenvalue weighted by Gasteiger charge is 2.37. The first-order valence-electron chi connectivity index (χ1n) is 8.48. The Labute approximate surface area is 146 Å². The third kappa shape index (κ3) is 2.89. The Morgan fingerprint density at radius 1 is 1.08 bits per heavy atom. The van der Waals surface area contributed by atoms with Crippen molar-refractivity contribution in [1.82, 2.24) is 19.5 Å². The van der Waals surface area contributed by atoms with E-state index in [0.717, 1.165) is 35.9 Å². The molecule has 0 bridgehead atoms. The van der Waals surface area contributed by atoms with Crippen LogP contribution in [-0.2, 0) is 12.6 Å². The van der Waals surface area contributed by atoms with Crippen LogP contribution in [-0.4, -0.2) is 37.7 Å². The van der Waals surface area contributed by atoms with Crippen molar-refractivity contribution in [2.45, 2.75) is 18.4 Å². The normalized spacial score (nSPS) is 16.8. The lowest BCUT2D eigenvalue weighted by molar-refractivity contribution is 0.000684. The molecule has 2 aromatic heterocycles. The first-order chi connectivity index (χ1) is 12.2. The van der Waals surface area contributed by atoms with Crippen LogP contribution in [0, 0.1) is 0 Å². The molecule has 1 N–H and O–H groups in total. The monoisotopic (exact) mass is 335 g/mol. The van der Waals surface area contributed by atoms with Crippen molar-refractivity contribution >= 4 is 5.82 Å². The smallest absolute Gasteiger partial charge is 0.140 e. The number of hydrogen-bond donors (Lipinski definition) is 1. The number of aromatic nitrogens is 4. The van der Waals surface area contributed by atoms with Crippen LogP contribution < -0.4 is 4.90 Å². The van der Waals surface area contributed by atoms with Gasteiger partial charge in [-0.15, -0.1) is 0 Å². The summed E-state index contributed by atoms with van der Waals surface area (Å²) in [5.74, 6) is 1.65. The Hall–Kier alpha value is -2.73. The molecule has 1 aliphatic heterocycles. The first kappa shape index (κ1) is 15.8. The van der Waals surface area contributed by atoms with E-state index >= 15 is 0 Å². The summed E-state index contributed by atoms with van der Waals surface area (Å²) >= 11 is 0. The van der Waals surface area contributed by atoms with Gasteiger partial charge in [0.05, 0.1) is 0 Å². The predicted molar refractivity (Wildman–Crippen MR) is 96.0 cm³/mol. The minimum Gasteiger partial charge on any atom is -0.382 e. The van der Waals surface area contributed by atoms with Crippen LogP contribution in [0.2, 0.25) is 0 Å². The molecular weight excluding hydrogens is 314 g/mol. The fraction of sp³-hybridized carbons (Fsp3) is 0.316. The molecule has 0 atom stereocenters. The largest absolute Gasteiger partial charge is 0.382 e. The Kier molecular flexibility index (Phi) is 3.97. The second-order valence-corrected chi connectivity index (χ2v) is 6.51. The van der Waals surface area contributed by atoms with Crippen molar-refractivity contribution in [2.24, 2.45) is 7.05 Å². The van der Waals surface area contributed by atoms with Gasteiger partial charge in [-0.05, 0) is 5.56 Å². The van der Waals surface area contributed by atoms with Gasteiger partial charge in [0.15, 0.2) is 0 Å². The molecule has 128 valence electrons. The van der Waals surface area contributed by atoms with E-state index in [1.165, 1.54) is 0 Å². The van der Waals surface area contributed by atoms with Gasteiger partial charge in [-0.3, -0.25) is 0 Å². The Morgan fingerprint density at radius 3 is 2.52 bits per heavy atom. The van der Waals surface area contributed by atoms with E-state index in [2.05, 4.69) is 32.0 Å². The van der Waals surface area contributed by atoms with E-state index < -0.39 is 5.60 Å². The molecule has 3 aromatic rings. The third-order valence-electron chi connectivity index (χ3n) is 4.90. The first-order valence-corrected chi connectivity index (χ1v) is 8.48. The van der Waals surface area contributed by atoms with E-state index in [0.29, 0.717) is 12.8 Å². The molecule has 0 aliphatic carbocycles. The van der Waals surface area contributed by atoms with Crippen LogP contribution >= 0.6 is 0 Å². The van der Waals surface area contributed by atoms with Crippen LogP contribution in [0.15, 0.2) is 55.2 Å². The lowest BCUT2D eigenvalue weighted by Gasteiger charge is -2.38. The number of aryl methyl sites for hydroxylation is 1. The SMILES string of the molecule is Cn1ccnc1C1(O)CCN(c2ncncc2-c2ccccc2)CC1. The summed E-state index contributed by atoms with van der Waals surface area (Å²) in [6.07, 6.45) is 8.29. The van der Waals surface area contributed by atoms with Gasteiger partial charge in [-0.25, -0.2) is 15.0 Å². The maximum atomic E-state index is 11.0. The van der Waals surface area contributed by atoms with Crippen LogP contribution in [0.5, 0.6) is 0 Å². The van der Waals surface area contributed by atoms with Gasteiger partial charge < -0.3 is 14.6 Å². The molecule has 0 radical (unpaired) electrons. The van der Waals surface area contributed by atoms with Crippen molar-refractivity contribution in [2.75, 3.05) is 18.0 Å². The maximum absolute atomic E-state index is 11.0. The zero-order valence-corrected chi connectivity index (χ0v) is 14.2. The number of aliphatic hydroxyl groups is 1. The Morgan fingerprint density at radius 2 is 1.84 bits per heavy atom. The highest BCUT2D eigenvalue weighted by atomic mass is 16.3. The standard InChI is InChI=1S/C19H21N5O/c1-23-12-9-21-18(23)19(25)7-10-24(11-8-19)17-16(13-20-14-22-17)15-5-3-2-4-6-15/h2-6,9,12-14,25H,7-8,10-11H2,1H3. The summed E-state index contributed by atoms with van der Waals surface area (Å²) in [5.41, 5.74) is 1.24. The van der Waals surface area contributed by atoms with Crippen LogP contribution in [0.3, 0.4) is 0 Å². The van der Waals surface area contributed by atoms with Crippen molar-refractivity contribution in [1.29, 1.82) is 0 Å². The molecule has 1 saturated heterocycles. The molecule has 1 aromatic carbocycles. The second-order valence-electron chi connectivity index (χ2n) is 6.51. The number of imidazole rings is 1. The number of benzene rings is 1. The average molecular weight is 335 g/mol. The van der Waals surface area contributed by atoms with Gasteiger partial charge in [0.25, 0.3) is 0 Å². The number of rotatable bonds is 3. The maximum Gasteiger partial charge on any atom is 0.140 e. The fourth-order valence-electron chi connectivity index (χ4n) is 3.52. The van der Waals surface area contributed by atoms with Gasteiger partial charge in [0.1, 0.15) is 23.6 Å². The number of nitrogens with zero attached hydrogens (tertiary/aromatic N) is 5. The van der Waals surface area contributed by atoms with Gasteiger partial charge >= 0.3 is 0 Å². The number of piperidine rings is 1. The molecule has 0 unspecified atom stereocenters. The van der Waals surface area contributed by atoms with Crippen molar-refractivity contribution in [3.05, 3.63) is 61.1 Å². The summed E-state index contributed by atoms with van der Waals surface area (Å²) in [6, 6.07) is 10.2. The Bertz CT molecular complexity index is 853. The lowest BCUT2D eigenvalue weighted by atomic mass is 9.90. The highest BCUT2D eigenvalue weighted by molar-refractivity contribution is 5.75. The quantitative estimate of drug-likeness (QED) is 0.796. The zero-order valence-electron chi connectivity index (χ0n) is 14.2. The van der Waals surface area contributed by atoms with Crippen molar-refractivity contribution in [3.8, 4) is 11.1 Å². The summed E-state index contributed by atoms with van der Waals surface area (Å²) in [6.45, 7) is 1.44. The third-order valence-corrected chi connectivity index (χ3v) is 4.90. The van der Waals surface area contributed by atoms with E-state index in [1.807, 2.05) is 42.2 Å². The summed E-state index contributed by atoms with van der Waals surface area (Å²) in [7, 11) is 1.92. The predicted octanol–water partition coefficient (Wildman–Crippen LogP) is 2.37. The van der Waals surface area contributed by atoms with Crippen molar-refractivity contribution < 1.29 is 5.11 Å². The van der Waals surface area contributed by atoms with Crippen molar-refractivity contribution in [3.63, 3.8) is 0 Å². The average Bonchev–Trinajstić information content (AvgIpc) is 3.10. The van der Waals surface area contributed by atoms with Gasteiger partial charge in [-0.2, -0.15) is 0 Å². The van der Waals surface area contributed by atoms with Crippen LogP contribution in [0.25, 0.3) is 11.1 Å². The van der Waals surface area contributed by atoms with E-state index in [1.54, 1.807) is 12.5 Å². The molecule has 3 heterocycles. The molecule has 1 fully saturated rings. The zero-order chi connectivity index (χ0) is 17.3. The molecule has 0 amide bonds. The van der Waals surface area contributed by atoms with Gasteiger partial charge in [-0.1, -0.05) is 30.3 Å². The molecule has 1 aliphatic rings. The molecule has 6 heteroatoms. The summed E-state index contributed by atoms with van der Waals surface area (Å²) in [5, 5.41) is 11.0. The molecule has 25 heavy (non-hydrogen) atoms. The molecule has 6 nitrogen and oxygen atoms in total. The van der Waals surface area contributed by atoms with Crippen LogP contribution in [0.4, 0.5) is 5.82 Å². The van der Waals surface area contributed by atoms with Gasteiger partial charge in [0.2, 0.25) is 0 Å². The highest BCUT2D eigenvalue weighted by Crippen LogP contribution is 2.35. The molecular formula is C19H21N5O. The fourth-order valence-corrected chi connectivity index (χ4v) is 3.52. The lowest BCUT2D eigenvalue weighted by Crippen LogP contribution is -2.44. The minimum atomic E-state index is -0.880. The number of hydrogen-bond acceptors (Lipinski definition) is 5. The van der Waals surface area contributed by atoms with E-state index in [4.69, 9.17) is 0 Å². The molecule has 0 spiro atoms. The Balaban J connectivity index is 1.59. The number of anilines is 1. The minimum absolute atomic E-state index is 0.621.